The minimum Gasteiger partial charge on any atom is -0.490 e. The van der Waals surface area contributed by atoms with E-state index >= 15 is 0 Å². The number of benzene rings is 1. The Hall–Kier alpha value is -0.965. The minimum absolute atomic E-state index is 0.217. The topological polar surface area (TPSA) is 49.7 Å². The molecule has 0 unspecified atom stereocenters. The molecule has 0 spiro atoms. The molecule has 0 heterocycles. The summed E-state index contributed by atoms with van der Waals surface area (Å²) in [6, 6.07) is 3.28. The average molecular weight is 269 g/mol. The van der Waals surface area contributed by atoms with Crippen molar-refractivity contribution < 1.29 is 14.8 Å². The Morgan fingerprint density at radius 3 is 2.44 bits per heavy atom. The quantitative estimate of drug-likeness (QED) is 0.647. The third-order valence-electron chi connectivity index (χ3n) is 2.51. The molecule has 0 aromatic heterocycles. The monoisotopic (exact) mass is 268 g/mol. The van der Waals surface area contributed by atoms with Crippen molar-refractivity contribution >= 4 is 24.2 Å². The number of halogens is 1. The Kier molecular flexibility index (Phi) is 4.85. The summed E-state index contributed by atoms with van der Waals surface area (Å²) in [4.78, 5) is 0. The second kappa shape index (κ2) is 5.78. The minimum atomic E-state index is -1.62. The maximum Gasteiger partial charge on any atom is 0.492 e. The molecule has 0 aliphatic rings. The first-order valence-electron chi connectivity index (χ1n) is 5.71. The van der Waals surface area contributed by atoms with E-state index in [0.29, 0.717) is 17.4 Å². The molecule has 0 aliphatic heterocycles. The summed E-state index contributed by atoms with van der Waals surface area (Å²) in [5.74, 6) is 0.460. The van der Waals surface area contributed by atoms with Crippen LogP contribution in [0.4, 0.5) is 0 Å². The lowest BCUT2D eigenvalue weighted by molar-refractivity contribution is 0.350. The molecule has 0 amide bonds. The summed E-state index contributed by atoms with van der Waals surface area (Å²) in [6.45, 7) is 9.90. The van der Waals surface area contributed by atoms with Crippen LogP contribution < -0.4 is 10.2 Å². The largest absolute Gasteiger partial charge is 0.492 e. The van der Waals surface area contributed by atoms with Crippen molar-refractivity contribution in [2.24, 2.45) is 0 Å². The van der Waals surface area contributed by atoms with Crippen LogP contribution in [0.3, 0.4) is 0 Å². The Labute approximate surface area is 113 Å². The fourth-order valence-corrected chi connectivity index (χ4v) is 1.89. The molecule has 0 saturated heterocycles. The number of ether oxygens (including phenoxy) is 1. The van der Waals surface area contributed by atoms with Gasteiger partial charge in [-0.05, 0) is 17.5 Å². The van der Waals surface area contributed by atoms with Crippen molar-refractivity contribution in [3.63, 3.8) is 0 Å². The fraction of sp³-hybridized carbons (Fsp3) is 0.385. The molecule has 3 nitrogen and oxygen atoms in total. The van der Waals surface area contributed by atoms with Crippen LogP contribution in [0, 0.1) is 0 Å². The predicted molar refractivity (Wildman–Crippen MR) is 75.7 cm³/mol. The first-order valence-corrected chi connectivity index (χ1v) is 6.09. The number of hydrogen-bond donors (Lipinski definition) is 2. The average Bonchev–Trinajstić information content (AvgIpc) is 2.25. The van der Waals surface area contributed by atoms with Crippen LogP contribution in [0.1, 0.15) is 26.3 Å². The molecule has 0 radical (unpaired) electrons. The maximum atomic E-state index is 9.41. The van der Waals surface area contributed by atoms with Crippen molar-refractivity contribution in [1.29, 1.82) is 0 Å². The Balaban J connectivity index is 3.42. The molecule has 0 saturated carbocycles. The van der Waals surface area contributed by atoms with Gasteiger partial charge in [0, 0.05) is 16.0 Å². The first-order chi connectivity index (χ1) is 8.27. The molecular weight excluding hydrogens is 250 g/mol. The Morgan fingerprint density at radius 1 is 1.39 bits per heavy atom. The van der Waals surface area contributed by atoms with Crippen molar-refractivity contribution in [2.75, 3.05) is 6.61 Å². The van der Waals surface area contributed by atoms with Gasteiger partial charge in [-0.1, -0.05) is 45.0 Å². The van der Waals surface area contributed by atoms with Crippen molar-refractivity contribution in [2.45, 2.75) is 26.2 Å². The zero-order valence-corrected chi connectivity index (χ0v) is 11.7. The van der Waals surface area contributed by atoms with Crippen molar-refractivity contribution in [3.05, 3.63) is 35.4 Å². The Morgan fingerprint density at radius 2 is 2.00 bits per heavy atom. The highest BCUT2D eigenvalue weighted by molar-refractivity contribution is 6.60. The molecule has 0 bridgehead atoms. The van der Waals surface area contributed by atoms with Gasteiger partial charge in [0.2, 0.25) is 0 Å². The predicted octanol–water partition coefficient (Wildman–Crippen LogP) is 1.88. The van der Waals surface area contributed by atoms with E-state index in [-0.39, 0.29) is 10.9 Å². The van der Waals surface area contributed by atoms with Gasteiger partial charge in [-0.15, -0.1) is 0 Å². The van der Waals surface area contributed by atoms with Gasteiger partial charge in [0.15, 0.2) is 0 Å². The van der Waals surface area contributed by atoms with Gasteiger partial charge in [-0.3, -0.25) is 0 Å². The molecular formula is C13H18BClO3. The molecule has 0 fully saturated rings. The van der Waals surface area contributed by atoms with Gasteiger partial charge < -0.3 is 14.8 Å². The number of rotatable bonds is 4. The molecule has 1 aromatic carbocycles. The summed E-state index contributed by atoms with van der Waals surface area (Å²) in [5.41, 5.74) is 0.889. The summed E-state index contributed by atoms with van der Waals surface area (Å²) < 4.78 is 5.56. The first kappa shape index (κ1) is 15.1. The molecule has 98 valence electrons. The smallest absolute Gasteiger partial charge is 0.490 e. The van der Waals surface area contributed by atoms with Crippen LogP contribution in [-0.2, 0) is 5.41 Å². The third-order valence-corrected chi connectivity index (χ3v) is 2.73. The standard InChI is InChI=1S/C13H18BClO3/c1-5-6-18-12-10(13(2,3)4)7-9(15)8-11(12)14(16)17/h5,7-8,16-17H,1,6H2,2-4H3. The second-order valence-electron chi connectivity index (χ2n) is 5.10. The van der Waals surface area contributed by atoms with Gasteiger partial charge in [0.05, 0.1) is 0 Å². The van der Waals surface area contributed by atoms with E-state index in [4.69, 9.17) is 16.3 Å². The lowest BCUT2D eigenvalue weighted by Crippen LogP contribution is -2.33. The van der Waals surface area contributed by atoms with E-state index in [9.17, 15) is 10.0 Å². The fourth-order valence-electron chi connectivity index (χ4n) is 1.67. The second-order valence-corrected chi connectivity index (χ2v) is 5.53. The van der Waals surface area contributed by atoms with Crippen LogP contribution >= 0.6 is 11.6 Å². The highest BCUT2D eigenvalue weighted by atomic mass is 35.5. The van der Waals surface area contributed by atoms with Crippen LogP contribution in [0.15, 0.2) is 24.8 Å². The maximum absolute atomic E-state index is 9.41. The molecule has 18 heavy (non-hydrogen) atoms. The van der Waals surface area contributed by atoms with E-state index in [2.05, 4.69) is 6.58 Å². The Bertz CT molecular complexity index is 439. The van der Waals surface area contributed by atoms with E-state index in [0.717, 1.165) is 5.56 Å². The number of hydrogen-bond acceptors (Lipinski definition) is 3. The molecule has 5 heteroatoms. The van der Waals surface area contributed by atoms with Gasteiger partial charge in [0.1, 0.15) is 12.4 Å². The summed E-state index contributed by atoms with van der Waals surface area (Å²) in [6.07, 6.45) is 1.61. The van der Waals surface area contributed by atoms with Gasteiger partial charge in [-0.2, -0.15) is 0 Å². The van der Waals surface area contributed by atoms with Crippen LogP contribution in [0.25, 0.3) is 0 Å². The van der Waals surface area contributed by atoms with Gasteiger partial charge >= 0.3 is 7.12 Å². The van der Waals surface area contributed by atoms with Crippen LogP contribution in [0.2, 0.25) is 5.02 Å². The zero-order valence-electron chi connectivity index (χ0n) is 10.9. The molecule has 1 rings (SSSR count). The van der Waals surface area contributed by atoms with Crippen LogP contribution in [0.5, 0.6) is 5.75 Å². The molecule has 1 aromatic rings. The lowest BCUT2D eigenvalue weighted by Gasteiger charge is -2.25. The molecule has 2 N–H and O–H groups in total. The lowest BCUT2D eigenvalue weighted by atomic mass is 9.75. The van der Waals surface area contributed by atoms with E-state index in [1.807, 2.05) is 20.8 Å². The third kappa shape index (κ3) is 3.51. The van der Waals surface area contributed by atoms with Gasteiger partial charge in [0.25, 0.3) is 0 Å². The zero-order chi connectivity index (χ0) is 13.9. The highest BCUT2D eigenvalue weighted by Gasteiger charge is 2.26. The molecule has 0 aliphatic carbocycles. The van der Waals surface area contributed by atoms with Crippen molar-refractivity contribution in [1.82, 2.24) is 0 Å². The van der Waals surface area contributed by atoms with Crippen molar-refractivity contribution in [3.8, 4) is 5.75 Å². The molecule has 0 atom stereocenters. The summed E-state index contributed by atoms with van der Waals surface area (Å²) in [5, 5.41) is 19.3. The summed E-state index contributed by atoms with van der Waals surface area (Å²) in [7, 11) is -1.62. The van der Waals surface area contributed by atoms with E-state index < -0.39 is 7.12 Å². The van der Waals surface area contributed by atoms with E-state index in [1.165, 1.54) is 6.07 Å². The SMILES string of the molecule is C=CCOc1c(B(O)O)cc(Cl)cc1C(C)(C)C. The van der Waals surface area contributed by atoms with E-state index in [1.54, 1.807) is 12.1 Å². The van der Waals surface area contributed by atoms with Gasteiger partial charge in [-0.25, -0.2) is 0 Å². The normalized spacial score (nSPS) is 11.2. The highest BCUT2D eigenvalue weighted by Crippen LogP contribution is 2.32. The summed E-state index contributed by atoms with van der Waals surface area (Å²) >= 11 is 6.01. The van der Waals surface area contributed by atoms with Crippen LogP contribution in [-0.4, -0.2) is 23.8 Å².